The molecule has 2 aromatic rings. The molecule has 1 heterocycles. The fourth-order valence-electron chi connectivity index (χ4n) is 2.28. The molecule has 0 bridgehead atoms. The minimum absolute atomic E-state index is 0.0377. The summed E-state index contributed by atoms with van der Waals surface area (Å²) >= 11 is 0. The van der Waals surface area contributed by atoms with E-state index in [1.54, 1.807) is 24.3 Å². The van der Waals surface area contributed by atoms with Crippen LogP contribution in [0.2, 0.25) is 0 Å². The Morgan fingerprint density at radius 3 is 2.52 bits per heavy atom. The van der Waals surface area contributed by atoms with Crippen LogP contribution < -0.4 is 5.32 Å². The number of amides is 1. The van der Waals surface area contributed by atoms with E-state index in [9.17, 15) is 9.59 Å². The van der Waals surface area contributed by atoms with Gasteiger partial charge in [-0.25, -0.2) is 0 Å². The first-order chi connectivity index (χ1) is 11.1. The highest BCUT2D eigenvalue weighted by Crippen LogP contribution is 2.10. The Balaban J connectivity index is 1.85. The van der Waals surface area contributed by atoms with Crippen LogP contribution in [-0.4, -0.2) is 48.8 Å². The van der Waals surface area contributed by atoms with Crippen molar-refractivity contribution in [3.8, 4) is 0 Å². The van der Waals surface area contributed by atoms with E-state index in [-0.39, 0.29) is 18.1 Å². The highest BCUT2D eigenvalue weighted by atomic mass is 16.1. The second kappa shape index (κ2) is 8.29. The van der Waals surface area contributed by atoms with Crippen molar-refractivity contribution in [3.05, 3.63) is 59.4 Å². The lowest BCUT2D eigenvalue weighted by molar-refractivity contribution is -0.120. The van der Waals surface area contributed by atoms with E-state index in [0.717, 1.165) is 18.7 Å². The van der Waals surface area contributed by atoms with Gasteiger partial charge in [0.15, 0.2) is 0 Å². The molecule has 5 heteroatoms. The summed E-state index contributed by atoms with van der Waals surface area (Å²) in [5.41, 5.74) is 1.88. The predicted octanol–water partition coefficient (Wildman–Crippen LogP) is 1.86. The van der Waals surface area contributed by atoms with E-state index in [0.29, 0.717) is 17.8 Å². The second-order valence-electron chi connectivity index (χ2n) is 5.78. The topological polar surface area (TPSA) is 65.2 Å². The zero-order valence-corrected chi connectivity index (χ0v) is 13.6. The molecule has 122 valence electrons. The predicted molar refractivity (Wildman–Crippen MR) is 90.6 cm³/mol. The molecule has 2 N–H and O–H groups in total. The van der Waals surface area contributed by atoms with E-state index in [4.69, 9.17) is 0 Å². The van der Waals surface area contributed by atoms with Gasteiger partial charge < -0.3 is 15.2 Å². The zero-order valence-electron chi connectivity index (χ0n) is 13.6. The number of aromatic nitrogens is 1. The van der Waals surface area contributed by atoms with Gasteiger partial charge in [0.2, 0.25) is 11.7 Å². The Kier molecular flexibility index (Phi) is 6.11. The third-order valence-electron chi connectivity index (χ3n) is 3.48. The molecule has 0 saturated heterocycles. The summed E-state index contributed by atoms with van der Waals surface area (Å²) in [6.07, 6.45) is 1.17. The molecule has 0 atom stereocenters. The lowest BCUT2D eigenvalue weighted by Gasteiger charge is -2.09. The van der Waals surface area contributed by atoms with Crippen molar-refractivity contribution in [1.29, 1.82) is 0 Å². The average molecular weight is 313 g/mol. The van der Waals surface area contributed by atoms with Gasteiger partial charge in [-0.3, -0.25) is 9.59 Å². The largest absolute Gasteiger partial charge is 0.356 e. The minimum Gasteiger partial charge on any atom is -0.356 e. The first-order valence-corrected chi connectivity index (χ1v) is 7.75. The van der Waals surface area contributed by atoms with Crippen molar-refractivity contribution in [2.45, 2.75) is 12.8 Å². The van der Waals surface area contributed by atoms with Crippen LogP contribution in [0.3, 0.4) is 0 Å². The van der Waals surface area contributed by atoms with Crippen LogP contribution >= 0.6 is 0 Å². The van der Waals surface area contributed by atoms with Crippen molar-refractivity contribution in [2.24, 2.45) is 0 Å². The van der Waals surface area contributed by atoms with Gasteiger partial charge in [-0.1, -0.05) is 30.3 Å². The summed E-state index contributed by atoms with van der Waals surface area (Å²) in [6.45, 7) is 1.60. The smallest absolute Gasteiger partial charge is 0.225 e. The quantitative estimate of drug-likeness (QED) is 0.577. The molecule has 1 aromatic carbocycles. The maximum absolute atomic E-state index is 12.3. The van der Waals surface area contributed by atoms with Crippen LogP contribution in [0.25, 0.3) is 0 Å². The molecule has 0 aliphatic carbocycles. The van der Waals surface area contributed by atoms with E-state index >= 15 is 0 Å². The highest BCUT2D eigenvalue weighted by molar-refractivity contribution is 6.07. The number of benzene rings is 1. The first-order valence-electron chi connectivity index (χ1n) is 7.75. The number of aromatic amines is 1. The van der Waals surface area contributed by atoms with Gasteiger partial charge >= 0.3 is 0 Å². The Morgan fingerprint density at radius 1 is 1.09 bits per heavy atom. The second-order valence-corrected chi connectivity index (χ2v) is 5.78. The standard InChI is InChI=1S/C18H23N3O2/c1-21(2)12-6-11-19-17(22)13-15-9-10-16(20-15)18(23)14-7-4-3-5-8-14/h3-5,7-10,20H,6,11-13H2,1-2H3,(H,19,22). The highest BCUT2D eigenvalue weighted by Gasteiger charge is 2.12. The molecule has 0 aliphatic rings. The van der Waals surface area contributed by atoms with Gasteiger partial charge in [-0.2, -0.15) is 0 Å². The number of nitrogens with zero attached hydrogens (tertiary/aromatic N) is 1. The fourth-order valence-corrected chi connectivity index (χ4v) is 2.28. The minimum atomic E-state index is -0.0664. The summed E-state index contributed by atoms with van der Waals surface area (Å²) in [5, 5.41) is 2.89. The Labute approximate surface area is 136 Å². The van der Waals surface area contributed by atoms with E-state index < -0.39 is 0 Å². The number of hydrogen-bond donors (Lipinski definition) is 2. The normalized spacial score (nSPS) is 10.7. The zero-order chi connectivity index (χ0) is 16.7. The number of carbonyl (C=O) groups excluding carboxylic acids is 2. The van der Waals surface area contributed by atoms with Crippen LogP contribution in [-0.2, 0) is 11.2 Å². The molecule has 1 amide bonds. The maximum atomic E-state index is 12.3. The van der Waals surface area contributed by atoms with Crippen LogP contribution in [0.15, 0.2) is 42.5 Å². The maximum Gasteiger partial charge on any atom is 0.225 e. The van der Waals surface area contributed by atoms with Crippen molar-refractivity contribution < 1.29 is 9.59 Å². The summed E-state index contributed by atoms with van der Waals surface area (Å²) in [7, 11) is 4.01. The number of ketones is 1. The van der Waals surface area contributed by atoms with Crippen LogP contribution in [0, 0.1) is 0 Å². The summed E-state index contributed by atoms with van der Waals surface area (Å²) < 4.78 is 0. The molecule has 0 unspecified atom stereocenters. The van der Waals surface area contributed by atoms with E-state index in [2.05, 4.69) is 15.2 Å². The number of carbonyl (C=O) groups is 2. The van der Waals surface area contributed by atoms with Crippen molar-refractivity contribution >= 4 is 11.7 Å². The molecule has 23 heavy (non-hydrogen) atoms. The Hall–Kier alpha value is -2.40. The Bertz CT molecular complexity index is 647. The molecular formula is C18H23N3O2. The lowest BCUT2D eigenvalue weighted by Crippen LogP contribution is -2.28. The molecular weight excluding hydrogens is 290 g/mol. The third kappa shape index (κ3) is 5.38. The van der Waals surface area contributed by atoms with Gasteiger partial charge in [0, 0.05) is 17.8 Å². The first kappa shape index (κ1) is 17.0. The number of rotatable bonds is 8. The third-order valence-corrected chi connectivity index (χ3v) is 3.48. The SMILES string of the molecule is CN(C)CCCNC(=O)Cc1ccc(C(=O)c2ccccc2)[nH]1. The molecule has 0 aliphatic heterocycles. The monoisotopic (exact) mass is 313 g/mol. The average Bonchev–Trinajstić information content (AvgIpc) is 3.00. The number of nitrogens with one attached hydrogen (secondary N) is 2. The summed E-state index contributed by atoms with van der Waals surface area (Å²) in [5.74, 6) is -0.104. The van der Waals surface area contributed by atoms with Crippen molar-refractivity contribution in [3.63, 3.8) is 0 Å². The molecule has 1 aromatic heterocycles. The van der Waals surface area contributed by atoms with E-state index in [1.165, 1.54) is 0 Å². The molecule has 5 nitrogen and oxygen atoms in total. The van der Waals surface area contributed by atoms with Crippen LogP contribution in [0.1, 0.15) is 28.2 Å². The van der Waals surface area contributed by atoms with Gasteiger partial charge in [0.25, 0.3) is 0 Å². The summed E-state index contributed by atoms with van der Waals surface area (Å²) in [4.78, 5) is 29.3. The molecule has 0 fully saturated rings. The number of H-pyrrole nitrogens is 1. The molecule has 0 saturated carbocycles. The van der Waals surface area contributed by atoms with Crippen molar-refractivity contribution in [1.82, 2.24) is 15.2 Å². The van der Waals surface area contributed by atoms with E-state index in [1.807, 2.05) is 32.3 Å². The fraction of sp³-hybridized carbons (Fsp3) is 0.333. The molecule has 2 rings (SSSR count). The van der Waals surface area contributed by atoms with Gasteiger partial charge in [-0.05, 0) is 39.2 Å². The lowest BCUT2D eigenvalue weighted by atomic mass is 10.1. The van der Waals surface area contributed by atoms with Crippen LogP contribution in [0.5, 0.6) is 0 Å². The Morgan fingerprint density at radius 2 is 1.83 bits per heavy atom. The number of hydrogen-bond acceptors (Lipinski definition) is 3. The van der Waals surface area contributed by atoms with Gasteiger partial charge in [0.1, 0.15) is 0 Å². The molecule has 0 spiro atoms. The van der Waals surface area contributed by atoms with Gasteiger partial charge in [0.05, 0.1) is 12.1 Å². The molecule has 0 radical (unpaired) electrons. The van der Waals surface area contributed by atoms with Gasteiger partial charge in [-0.15, -0.1) is 0 Å². The summed E-state index contributed by atoms with van der Waals surface area (Å²) in [6, 6.07) is 12.6. The van der Waals surface area contributed by atoms with Crippen LogP contribution in [0.4, 0.5) is 0 Å². The van der Waals surface area contributed by atoms with Crippen molar-refractivity contribution in [2.75, 3.05) is 27.2 Å².